The van der Waals surface area contributed by atoms with Crippen LogP contribution < -0.4 is 14.8 Å². The third kappa shape index (κ3) is 4.88. The fourth-order valence-electron chi connectivity index (χ4n) is 3.06. The van der Waals surface area contributed by atoms with Gasteiger partial charge >= 0.3 is 0 Å². The van der Waals surface area contributed by atoms with Crippen LogP contribution in [0.2, 0.25) is 0 Å². The molecule has 31 heavy (non-hydrogen) atoms. The summed E-state index contributed by atoms with van der Waals surface area (Å²) in [6.45, 7) is 5.44. The zero-order valence-corrected chi connectivity index (χ0v) is 19.9. The largest absolute Gasteiger partial charge is 0.495 e. The van der Waals surface area contributed by atoms with Crippen molar-refractivity contribution in [3.63, 3.8) is 0 Å². The Bertz CT molecular complexity index is 1240. The Morgan fingerprint density at radius 1 is 1.06 bits per heavy atom. The number of aryl methyl sites for hydroxylation is 2. The molecule has 3 rings (SSSR count). The summed E-state index contributed by atoms with van der Waals surface area (Å²) in [5.41, 5.74) is 3.52. The Labute approximate surface area is 190 Å². The average Bonchev–Trinajstić information content (AvgIpc) is 2.72. The van der Waals surface area contributed by atoms with Gasteiger partial charge in [0.2, 0.25) is 0 Å². The number of amides is 1. The van der Waals surface area contributed by atoms with Crippen molar-refractivity contribution in [3.8, 4) is 5.75 Å². The number of halogens is 1. The maximum atomic E-state index is 13.2. The zero-order valence-electron chi connectivity index (χ0n) is 17.5. The summed E-state index contributed by atoms with van der Waals surface area (Å²) in [6.07, 6.45) is 3.06. The van der Waals surface area contributed by atoms with Crippen LogP contribution in [0.1, 0.15) is 27.0 Å². The number of anilines is 2. The Morgan fingerprint density at radius 2 is 1.74 bits per heavy atom. The van der Waals surface area contributed by atoms with Gasteiger partial charge in [-0.2, -0.15) is 0 Å². The second-order valence-corrected chi connectivity index (χ2v) is 9.49. The van der Waals surface area contributed by atoms with E-state index in [9.17, 15) is 13.2 Å². The van der Waals surface area contributed by atoms with E-state index in [4.69, 9.17) is 4.74 Å². The van der Waals surface area contributed by atoms with E-state index in [2.05, 4.69) is 31.0 Å². The number of sulfonamides is 1. The van der Waals surface area contributed by atoms with E-state index in [1.165, 1.54) is 25.4 Å². The molecule has 0 atom stereocenters. The molecule has 0 saturated carbocycles. The first-order valence-electron chi connectivity index (χ1n) is 9.32. The second-order valence-electron chi connectivity index (χ2n) is 6.99. The lowest BCUT2D eigenvalue weighted by Gasteiger charge is -2.16. The predicted octanol–water partition coefficient (Wildman–Crippen LogP) is 4.83. The molecule has 162 valence electrons. The van der Waals surface area contributed by atoms with Crippen molar-refractivity contribution < 1.29 is 17.9 Å². The molecule has 0 radical (unpaired) electrons. The lowest BCUT2D eigenvalue weighted by Crippen LogP contribution is -2.17. The molecule has 0 aliphatic heterocycles. The molecule has 7 nitrogen and oxygen atoms in total. The van der Waals surface area contributed by atoms with Gasteiger partial charge in [-0.3, -0.25) is 14.5 Å². The van der Waals surface area contributed by atoms with E-state index in [0.29, 0.717) is 21.4 Å². The number of hydrogen-bond donors (Lipinski definition) is 2. The second kappa shape index (κ2) is 9.07. The van der Waals surface area contributed by atoms with Crippen LogP contribution in [0, 0.1) is 20.8 Å². The van der Waals surface area contributed by atoms with Crippen LogP contribution in [0.5, 0.6) is 5.75 Å². The molecule has 9 heteroatoms. The number of para-hydroxylation sites is 1. The van der Waals surface area contributed by atoms with Crippen LogP contribution in [-0.4, -0.2) is 26.4 Å². The van der Waals surface area contributed by atoms with E-state index >= 15 is 0 Å². The van der Waals surface area contributed by atoms with Crippen LogP contribution in [0.15, 0.2) is 58.2 Å². The monoisotopic (exact) mass is 503 g/mol. The Balaban J connectivity index is 1.97. The number of hydrogen-bond acceptors (Lipinski definition) is 5. The topological polar surface area (TPSA) is 97.4 Å². The highest BCUT2D eigenvalue weighted by Gasteiger charge is 2.23. The van der Waals surface area contributed by atoms with E-state index < -0.39 is 15.9 Å². The number of nitrogens with one attached hydrogen (secondary N) is 2. The van der Waals surface area contributed by atoms with Gasteiger partial charge in [-0.05, 0) is 71.6 Å². The number of ether oxygens (including phenoxy) is 1. The average molecular weight is 504 g/mol. The minimum Gasteiger partial charge on any atom is -0.495 e. The molecule has 0 bridgehead atoms. The van der Waals surface area contributed by atoms with Crippen molar-refractivity contribution in [2.45, 2.75) is 25.7 Å². The van der Waals surface area contributed by atoms with Gasteiger partial charge in [-0.15, -0.1) is 0 Å². The Morgan fingerprint density at radius 3 is 2.39 bits per heavy atom. The normalized spacial score (nSPS) is 11.1. The van der Waals surface area contributed by atoms with Gasteiger partial charge in [0, 0.05) is 22.6 Å². The quantitative estimate of drug-likeness (QED) is 0.501. The third-order valence-corrected chi connectivity index (χ3v) is 7.00. The van der Waals surface area contributed by atoms with Gasteiger partial charge in [-0.1, -0.05) is 18.2 Å². The SMILES string of the molecule is COc1ccc(NC(=O)c2cncc(Br)c2C)cc1S(=O)(=O)Nc1c(C)cccc1C. The highest BCUT2D eigenvalue weighted by molar-refractivity contribution is 9.10. The smallest absolute Gasteiger partial charge is 0.265 e. The van der Waals surface area contributed by atoms with Crippen LogP contribution in [0.3, 0.4) is 0 Å². The van der Waals surface area contributed by atoms with E-state index in [1.54, 1.807) is 19.2 Å². The summed E-state index contributed by atoms with van der Waals surface area (Å²) >= 11 is 3.35. The number of methoxy groups -OCH3 is 1. The standard InChI is InChI=1S/C22H22BrN3O4S/c1-13-6-5-7-14(2)21(13)26-31(28,29)20-10-16(8-9-19(20)30-4)25-22(27)17-11-24-12-18(23)15(17)3/h5-12,26H,1-4H3,(H,25,27). The summed E-state index contributed by atoms with van der Waals surface area (Å²) in [5, 5.41) is 2.73. The predicted molar refractivity (Wildman–Crippen MR) is 124 cm³/mol. The molecule has 2 aromatic carbocycles. The fourth-order valence-corrected chi connectivity index (χ4v) is 4.79. The summed E-state index contributed by atoms with van der Waals surface area (Å²) in [6, 6.07) is 9.96. The number of aromatic nitrogens is 1. The first-order chi connectivity index (χ1) is 14.6. The Hall–Kier alpha value is -2.91. The van der Waals surface area contributed by atoms with Gasteiger partial charge in [0.1, 0.15) is 10.6 Å². The van der Waals surface area contributed by atoms with E-state index in [1.807, 2.05) is 32.0 Å². The highest BCUT2D eigenvalue weighted by Crippen LogP contribution is 2.31. The maximum Gasteiger partial charge on any atom is 0.265 e. The maximum absolute atomic E-state index is 13.2. The fraction of sp³-hybridized carbons (Fsp3) is 0.182. The molecule has 0 fully saturated rings. The summed E-state index contributed by atoms with van der Waals surface area (Å²) in [5.74, 6) is -0.237. The van der Waals surface area contributed by atoms with Gasteiger partial charge in [0.25, 0.3) is 15.9 Å². The van der Waals surface area contributed by atoms with Crippen LogP contribution in [0.25, 0.3) is 0 Å². The van der Waals surface area contributed by atoms with E-state index in [0.717, 1.165) is 16.7 Å². The van der Waals surface area contributed by atoms with Crippen molar-refractivity contribution in [1.82, 2.24) is 4.98 Å². The molecular weight excluding hydrogens is 482 g/mol. The van der Waals surface area contributed by atoms with Crippen molar-refractivity contribution in [2.75, 3.05) is 17.1 Å². The third-order valence-electron chi connectivity index (χ3n) is 4.83. The molecule has 3 aromatic rings. The number of pyridine rings is 1. The molecular formula is C22H22BrN3O4S. The van der Waals surface area contributed by atoms with Crippen LogP contribution >= 0.6 is 15.9 Å². The number of carbonyl (C=O) groups is 1. The number of carbonyl (C=O) groups excluding carboxylic acids is 1. The summed E-state index contributed by atoms with van der Waals surface area (Å²) in [4.78, 5) is 16.7. The van der Waals surface area contributed by atoms with Crippen LogP contribution in [-0.2, 0) is 10.0 Å². The molecule has 1 aromatic heterocycles. The molecule has 0 aliphatic rings. The molecule has 0 unspecified atom stereocenters. The summed E-state index contributed by atoms with van der Waals surface area (Å²) < 4.78 is 34.9. The van der Waals surface area contributed by atoms with Gasteiger partial charge in [0.05, 0.1) is 18.4 Å². The minimum absolute atomic E-state index is 0.0838. The summed E-state index contributed by atoms with van der Waals surface area (Å²) in [7, 11) is -2.59. The lowest BCUT2D eigenvalue weighted by atomic mass is 10.1. The molecule has 0 spiro atoms. The molecule has 0 aliphatic carbocycles. The van der Waals surface area contributed by atoms with Crippen molar-refractivity contribution in [3.05, 3.63) is 75.5 Å². The zero-order chi connectivity index (χ0) is 22.8. The van der Waals surface area contributed by atoms with Crippen molar-refractivity contribution in [2.24, 2.45) is 0 Å². The number of nitrogens with zero attached hydrogens (tertiary/aromatic N) is 1. The van der Waals surface area contributed by atoms with Gasteiger partial charge < -0.3 is 10.1 Å². The van der Waals surface area contributed by atoms with Crippen molar-refractivity contribution >= 4 is 43.2 Å². The van der Waals surface area contributed by atoms with Gasteiger partial charge in [0.15, 0.2) is 0 Å². The molecule has 0 saturated heterocycles. The molecule has 1 heterocycles. The lowest BCUT2D eigenvalue weighted by molar-refractivity contribution is 0.102. The minimum atomic E-state index is -3.99. The molecule has 1 amide bonds. The van der Waals surface area contributed by atoms with E-state index in [-0.39, 0.29) is 10.6 Å². The Kier molecular flexibility index (Phi) is 6.66. The first kappa shape index (κ1) is 22.8. The van der Waals surface area contributed by atoms with Gasteiger partial charge in [-0.25, -0.2) is 8.42 Å². The first-order valence-corrected chi connectivity index (χ1v) is 11.6. The van der Waals surface area contributed by atoms with Crippen LogP contribution in [0.4, 0.5) is 11.4 Å². The number of benzene rings is 2. The number of rotatable bonds is 6. The highest BCUT2D eigenvalue weighted by atomic mass is 79.9. The molecule has 2 N–H and O–H groups in total. The van der Waals surface area contributed by atoms with Crippen molar-refractivity contribution in [1.29, 1.82) is 0 Å².